The predicted molar refractivity (Wildman–Crippen MR) is 102 cm³/mol. The highest BCUT2D eigenvalue weighted by molar-refractivity contribution is 6.33. The topological polar surface area (TPSA) is 80.3 Å². The Balaban J connectivity index is 1.62. The number of amides is 2. The summed E-state index contributed by atoms with van der Waals surface area (Å²) < 4.78 is 44.0. The fourth-order valence-electron chi connectivity index (χ4n) is 2.35. The zero-order chi connectivity index (χ0) is 21.7. The molecule has 30 heavy (non-hydrogen) atoms. The predicted octanol–water partition coefficient (Wildman–Crippen LogP) is 4.62. The van der Waals surface area contributed by atoms with Gasteiger partial charge >= 0.3 is 6.18 Å². The fraction of sp³-hybridized carbons (Fsp3) is 0.0500. The number of halogens is 4. The molecular weight excluding hydrogens is 423 g/mol. The van der Waals surface area contributed by atoms with E-state index in [-0.39, 0.29) is 10.6 Å². The first-order chi connectivity index (χ1) is 14.2. The second-order valence-electron chi connectivity index (χ2n) is 5.91. The van der Waals surface area contributed by atoms with Gasteiger partial charge in [0.2, 0.25) is 0 Å². The van der Waals surface area contributed by atoms with Crippen molar-refractivity contribution in [1.29, 1.82) is 0 Å². The van der Waals surface area contributed by atoms with E-state index in [4.69, 9.17) is 16.3 Å². The Morgan fingerprint density at radius 3 is 2.10 bits per heavy atom. The number of hydrazine groups is 1. The van der Waals surface area contributed by atoms with Crippen molar-refractivity contribution in [3.8, 4) is 11.5 Å². The van der Waals surface area contributed by atoms with Gasteiger partial charge in [-0.1, -0.05) is 11.6 Å². The lowest BCUT2D eigenvalue weighted by molar-refractivity contribution is -0.137. The van der Waals surface area contributed by atoms with Crippen LogP contribution in [0.5, 0.6) is 11.5 Å². The molecule has 1 aromatic heterocycles. The minimum atomic E-state index is -4.64. The van der Waals surface area contributed by atoms with Gasteiger partial charge in [0, 0.05) is 18.0 Å². The van der Waals surface area contributed by atoms with Crippen LogP contribution in [0.1, 0.15) is 26.3 Å². The van der Waals surface area contributed by atoms with Crippen LogP contribution in [0.3, 0.4) is 0 Å². The van der Waals surface area contributed by atoms with Crippen LogP contribution in [-0.2, 0) is 6.18 Å². The quantitative estimate of drug-likeness (QED) is 0.586. The van der Waals surface area contributed by atoms with Gasteiger partial charge in [-0.05, 0) is 54.6 Å². The molecule has 6 nitrogen and oxygen atoms in total. The Bertz CT molecular complexity index is 1060. The molecule has 1 heterocycles. The number of nitrogens with zero attached hydrogens (tertiary/aromatic N) is 1. The monoisotopic (exact) mass is 435 g/mol. The van der Waals surface area contributed by atoms with Crippen LogP contribution < -0.4 is 15.6 Å². The number of pyridine rings is 1. The summed E-state index contributed by atoms with van der Waals surface area (Å²) in [6.07, 6.45) is -1.50. The average Bonchev–Trinajstić information content (AvgIpc) is 2.72. The van der Waals surface area contributed by atoms with Gasteiger partial charge in [0.15, 0.2) is 0 Å². The van der Waals surface area contributed by atoms with E-state index < -0.39 is 29.1 Å². The molecule has 0 bridgehead atoms. The highest BCUT2D eigenvalue weighted by Crippen LogP contribution is 2.31. The Labute approximate surface area is 173 Å². The van der Waals surface area contributed by atoms with Gasteiger partial charge in [0.25, 0.3) is 11.8 Å². The highest BCUT2D eigenvalue weighted by atomic mass is 35.5. The van der Waals surface area contributed by atoms with Crippen molar-refractivity contribution in [2.24, 2.45) is 0 Å². The maximum Gasteiger partial charge on any atom is 0.416 e. The summed E-state index contributed by atoms with van der Waals surface area (Å²) in [7, 11) is 0. The average molecular weight is 436 g/mol. The normalized spacial score (nSPS) is 10.9. The van der Waals surface area contributed by atoms with Gasteiger partial charge < -0.3 is 4.74 Å². The van der Waals surface area contributed by atoms with Crippen LogP contribution in [0.15, 0.2) is 67.0 Å². The van der Waals surface area contributed by atoms with E-state index in [1.54, 1.807) is 36.7 Å². The third kappa shape index (κ3) is 5.26. The zero-order valence-electron chi connectivity index (χ0n) is 15.0. The standard InChI is InChI=1S/C20H13ClF3N3O3/c21-17-6-3-13(20(22,23)24)11-16(17)19(29)27-26-18(28)12-1-4-14(5-2-12)30-15-7-9-25-10-8-15/h1-11H,(H,26,28)(H,27,29). The van der Waals surface area contributed by atoms with Gasteiger partial charge in [-0.3, -0.25) is 25.4 Å². The molecular formula is C20H13ClF3N3O3. The molecule has 10 heteroatoms. The number of rotatable bonds is 4. The molecule has 3 rings (SSSR count). The number of benzene rings is 2. The molecule has 0 spiro atoms. The third-order valence-corrected chi connectivity index (χ3v) is 4.16. The summed E-state index contributed by atoms with van der Waals surface area (Å²) in [5.41, 5.74) is 2.90. The van der Waals surface area contributed by atoms with Gasteiger partial charge in [-0.2, -0.15) is 13.2 Å². The van der Waals surface area contributed by atoms with Crippen molar-refractivity contribution in [1.82, 2.24) is 15.8 Å². The first-order valence-electron chi connectivity index (χ1n) is 8.39. The zero-order valence-corrected chi connectivity index (χ0v) is 15.8. The molecule has 0 saturated carbocycles. The SMILES string of the molecule is O=C(NNC(=O)c1cc(C(F)(F)F)ccc1Cl)c1ccc(Oc2ccncc2)cc1. The summed E-state index contributed by atoms with van der Waals surface area (Å²) in [5, 5.41) is -0.188. The maximum absolute atomic E-state index is 12.8. The molecule has 0 saturated heterocycles. The summed E-state index contributed by atoms with van der Waals surface area (Å²) in [5.74, 6) is -0.635. The largest absolute Gasteiger partial charge is 0.457 e. The first kappa shape index (κ1) is 21.1. The molecule has 0 aliphatic rings. The molecule has 0 radical (unpaired) electrons. The van der Waals surface area contributed by atoms with Crippen molar-refractivity contribution in [2.75, 3.05) is 0 Å². The van der Waals surface area contributed by atoms with E-state index in [9.17, 15) is 22.8 Å². The number of alkyl halides is 3. The number of carbonyl (C=O) groups is 2. The molecule has 0 unspecified atom stereocenters. The van der Waals surface area contributed by atoms with Crippen LogP contribution in [0.4, 0.5) is 13.2 Å². The van der Waals surface area contributed by atoms with Crippen molar-refractivity contribution < 1.29 is 27.5 Å². The molecule has 0 fully saturated rings. The lowest BCUT2D eigenvalue weighted by Crippen LogP contribution is -2.41. The van der Waals surface area contributed by atoms with Crippen molar-refractivity contribution >= 4 is 23.4 Å². The second-order valence-corrected chi connectivity index (χ2v) is 6.32. The Hall–Kier alpha value is -3.59. The number of carbonyl (C=O) groups excluding carboxylic acids is 2. The summed E-state index contributed by atoms with van der Waals surface area (Å²) in [6.45, 7) is 0. The Kier molecular flexibility index (Phi) is 6.22. The number of hydrogen-bond donors (Lipinski definition) is 2. The second kappa shape index (κ2) is 8.83. The first-order valence-corrected chi connectivity index (χ1v) is 8.77. The van der Waals surface area contributed by atoms with Crippen LogP contribution in [-0.4, -0.2) is 16.8 Å². The molecule has 2 amide bonds. The van der Waals surface area contributed by atoms with Crippen LogP contribution in [0.25, 0.3) is 0 Å². The molecule has 2 aromatic carbocycles. The van der Waals surface area contributed by atoms with E-state index in [0.29, 0.717) is 17.6 Å². The van der Waals surface area contributed by atoms with Gasteiger partial charge in [-0.25, -0.2) is 0 Å². The van der Waals surface area contributed by atoms with E-state index in [2.05, 4.69) is 10.4 Å². The van der Waals surface area contributed by atoms with E-state index in [1.807, 2.05) is 5.43 Å². The summed E-state index contributed by atoms with van der Waals surface area (Å²) in [4.78, 5) is 28.2. The number of aromatic nitrogens is 1. The van der Waals surface area contributed by atoms with Crippen LogP contribution in [0, 0.1) is 0 Å². The van der Waals surface area contributed by atoms with Crippen molar-refractivity contribution in [3.63, 3.8) is 0 Å². The van der Waals surface area contributed by atoms with Crippen molar-refractivity contribution in [2.45, 2.75) is 6.18 Å². The number of nitrogens with one attached hydrogen (secondary N) is 2. The fourth-order valence-corrected chi connectivity index (χ4v) is 2.55. The van der Waals surface area contributed by atoms with Gasteiger partial charge in [-0.15, -0.1) is 0 Å². The molecule has 2 N–H and O–H groups in total. The summed E-state index contributed by atoms with van der Waals surface area (Å²) in [6, 6.07) is 11.6. The van der Waals surface area contributed by atoms with Gasteiger partial charge in [0.1, 0.15) is 11.5 Å². The molecule has 154 valence electrons. The molecule has 0 atom stereocenters. The minimum Gasteiger partial charge on any atom is -0.457 e. The number of ether oxygens (including phenoxy) is 1. The highest BCUT2D eigenvalue weighted by Gasteiger charge is 2.31. The van der Waals surface area contributed by atoms with E-state index >= 15 is 0 Å². The van der Waals surface area contributed by atoms with E-state index in [1.165, 1.54) is 12.1 Å². The number of hydrogen-bond acceptors (Lipinski definition) is 4. The van der Waals surface area contributed by atoms with Crippen LogP contribution in [0.2, 0.25) is 5.02 Å². The van der Waals surface area contributed by atoms with Crippen molar-refractivity contribution in [3.05, 3.63) is 88.7 Å². The maximum atomic E-state index is 12.8. The third-order valence-electron chi connectivity index (χ3n) is 3.83. The Morgan fingerprint density at radius 1 is 0.867 bits per heavy atom. The van der Waals surface area contributed by atoms with Crippen LogP contribution >= 0.6 is 11.6 Å². The molecule has 3 aromatic rings. The lowest BCUT2D eigenvalue weighted by atomic mass is 10.1. The smallest absolute Gasteiger partial charge is 0.416 e. The van der Waals surface area contributed by atoms with Gasteiger partial charge in [0.05, 0.1) is 16.1 Å². The summed E-state index contributed by atoms with van der Waals surface area (Å²) >= 11 is 5.80. The lowest BCUT2D eigenvalue weighted by Gasteiger charge is -2.12. The Morgan fingerprint density at radius 2 is 1.47 bits per heavy atom. The molecule has 0 aliphatic heterocycles. The van der Waals surface area contributed by atoms with E-state index in [0.717, 1.165) is 12.1 Å². The minimum absolute atomic E-state index is 0.188. The molecule has 0 aliphatic carbocycles.